The molecule has 0 aliphatic heterocycles. The van der Waals surface area contributed by atoms with Gasteiger partial charge in [-0.25, -0.2) is 0 Å². The molecular formula is C17H22N2O2. The largest absolute Gasteiger partial charge is 0.497 e. The second-order valence-electron chi connectivity index (χ2n) is 5.15. The number of aromatic nitrogens is 1. The SMILES string of the molecule is COc1cccc(CC(=O)NCCn2c(C)ccc2C)c1. The van der Waals surface area contributed by atoms with Crippen molar-refractivity contribution < 1.29 is 9.53 Å². The molecule has 112 valence electrons. The molecule has 2 rings (SSSR count). The average Bonchev–Trinajstić information content (AvgIpc) is 2.79. The maximum Gasteiger partial charge on any atom is 0.224 e. The van der Waals surface area contributed by atoms with Crippen molar-refractivity contribution in [1.82, 2.24) is 9.88 Å². The first kappa shape index (κ1) is 15.2. The number of amides is 1. The van der Waals surface area contributed by atoms with E-state index in [1.54, 1.807) is 7.11 Å². The van der Waals surface area contributed by atoms with E-state index in [1.165, 1.54) is 11.4 Å². The van der Waals surface area contributed by atoms with Gasteiger partial charge in [-0.05, 0) is 43.7 Å². The van der Waals surface area contributed by atoms with Gasteiger partial charge in [0.2, 0.25) is 5.91 Å². The van der Waals surface area contributed by atoms with Crippen LogP contribution < -0.4 is 10.1 Å². The van der Waals surface area contributed by atoms with Gasteiger partial charge in [0.15, 0.2) is 0 Å². The van der Waals surface area contributed by atoms with Crippen LogP contribution in [0.3, 0.4) is 0 Å². The van der Waals surface area contributed by atoms with Gasteiger partial charge in [0, 0.05) is 24.5 Å². The number of methoxy groups -OCH3 is 1. The molecular weight excluding hydrogens is 264 g/mol. The van der Waals surface area contributed by atoms with E-state index in [-0.39, 0.29) is 5.91 Å². The molecule has 0 radical (unpaired) electrons. The van der Waals surface area contributed by atoms with E-state index < -0.39 is 0 Å². The van der Waals surface area contributed by atoms with Crippen molar-refractivity contribution in [2.75, 3.05) is 13.7 Å². The number of rotatable bonds is 6. The molecule has 2 aromatic rings. The Morgan fingerprint density at radius 1 is 1.19 bits per heavy atom. The van der Waals surface area contributed by atoms with Crippen molar-refractivity contribution in [2.24, 2.45) is 0 Å². The van der Waals surface area contributed by atoms with Gasteiger partial charge in [0.25, 0.3) is 0 Å². The van der Waals surface area contributed by atoms with E-state index >= 15 is 0 Å². The first-order chi connectivity index (χ1) is 10.1. The van der Waals surface area contributed by atoms with E-state index in [9.17, 15) is 4.79 Å². The molecule has 0 fully saturated rings. The van der Waals surface area contributed by atoms with Gasteiger partial charge in [-0.1, -0.05) is 12.1 Å². The zero-order chi connectivity index (χ0) is 15.2. The fraction of sp³-hybridized carbons (Fsp3) is 0.353. The number of nitrogens with one attached hydrogen (secondary N) is 1. The maximum atomic E-state index is 11.9. The number of nitrogens with zero attached hydrogens (tertiary/aromatic N) is 1. The number of ether oxygens (including phenoxy) is 1. The number of hydrogen-bond donors (Lipinski definition) is 1. The molecule has 1 aromatic heterocycles. The molecule has 0 saturated carbocycles. The summed E-state index contributed by atoms with van der Waals surface area (Å²) < 4.78 is 7.36. The Hall–Kier alpha value is -2.23. The highest BCUT2D eigenvalue weighted by molar-refractivity contribution is 5.78. The molecule has 4 nitrogen and oxygen atoms in total. The third-order valence-electron chi connectivity index (χ3n) is 3.57. The summed E-state index contributed by atoms with van der Waals surface area (Å²) in [5, 5.41) is 2.96. The summed E-state index contributed by atoms with van der Waals surface area (Å²) in [5.41, 5.74) is 3.39. The highest BCUT2D eigenvalue weighted by atomic mass is 16.5. The maximum absolute atomic E-state index is 11.9. The Morgan fingerprint density at radius 3 is 2.57 bits per heavy atom. The number of hydrogen-bond acceptors (Lipinski definition) is 2. The van der Waals surface area contributed by atoms with Crippen LogP contribution in [-0.2, 0) is 17.8 Å². The molecule has 1 amide bonds. The second kappa shape index (κ2) is 6.97. The lowest BCUT2D eigenvalue weighted by Gasteiger charge is -2.10. The van der Waals surface area contributed by atoms with Crippen molar-refractivity contribution in [2.45, 2.75) is 26.8 Å². The minimum Gasteiger partial charge on any atom is -0.497 e. The lowest BCUT2D eigenvalue weighted by molar-refractivity contribution is -0.120. The summed E-state index contributed by atoms with van der Waals surface area (Å²) >= 11 is 0. The van der Waals surface area contributed by atoms with Crippen molar-refractivity contribution in [1.29, 1.82) is 0 Å². The van der Waals surface area contributed by atoms with Crippen LogP contribution in [0.4, 0.5) is 0 Å². The lowest BCUT2D eigenvalue weighted by atomic mass is 10.1. The standard InChI is InChI=1S/C17H22N2O2/c1-13-7-8-14(2)19(13)10-9-18-17(20)12-15-5-4-6-16(11-15)21-3/h4-8,11H,9-10,12H2,1-3H3,(H,18,20). The van der Waals surface area contributed by atoms with Crippen LogP contribution in [-0.4, -0.2) is 24.1 Å². The average molecular weight is 286 g/mol. The summed E-state index contributed by atoms with van der Waals surface area (Å²) in [6.07, 6.45) is 0.376. The Kier molecular flexibility index (Phi) is 5.04. The van der Waals surface area contributed by atoms with Crippen molar-refractivity contribution >= 4 is 5.91 Å². The van der Waals surface area contributed by atoms with Gasteiger partial charge >= 0.3 is 0 Å². The Morgan fingerprint density at radius 2 is 1.90 bits per heavy atom. The molecule has 0 unspecified atom stereocenters. The molecule has 1 heterocycles. The predicted octanol–water partition coefficient (Wildman–Crippen LogP) is 2.47. The fourth-order valence-corrected chi connectivity index (χ4v) is 2.39. The normalized spacial score (nSPS) is 10.4. The van der Waals surface area contributed by atoms with Gasteiger partial charge in [-0.2, -0.15) is 0 Å². The first-order valence-electron chi connectivity index (χ1n) is 7.12. The van der Waals surface area contributed by atoms with Crippen molar-refractivity contribution in [3.8, 4) is 5.75 Å². The van der Waals surface area contributed by atoms with Gasteiger partial charge < -0.3 is 14.6 Å². The fourth-order valence-electron chi connectivity index (χ4n) is 2.39. The van der Waals surface area contributed by atoms with Crippen LogP contribution >= 0.6 is 0 Å². The lowest BCUT2D eigenvalue weighted by Crippen LogP contribution is -2.29. The van der Waals surface area contributed by atoms with E-state index in [0.717, 1.165) is 17.9 Å². The topological polar surface area (TPSA) is 43.3 Å². The van der Waals surface area contributed by atoms with Gasteiger partial charge in [-0.3, -0.25) is 4.79 Å². The smallest absolute Gasteiger partial charge is 0.224 e. The van der Waals surface area contributed by atoms with E-state index in [1.807, 2.05) is 24.3 Å². The van der Waals surface area contributed by atoms with Crippen LogP contribution in [0.15, 0.2) is 36.4 Å². The minimum absolute atomic E-state index is 0.0331. The van der Waals surface area contributed by atoms with Crippen LogP contribution in [0.5, 0.6) is 5.75 Å². The van der Waals surface area contributed by atoms with E-state index in [0.29, 0.717) is 13.0 Å². The summed E-state index contributed by atoms with van der Waals surface area (Å²) in [4.78, 5) is 11.9. The molecule has 1 N–H and O–H groups in total. The Balaban J connectivity index is 1.82. The summed E-state index contributed by atoms with van der Waals surface area (Å²) in [7, 11) is 1.63. The molecule has 0 bridgehead atoms. The number of carbonyl (C=O) groups excluding carboxylic acids is 1. The molecule has 0 saturated heterocycles. The van der Waals surface area contributed by atoms with Crippen LogP contribution in [0, 0.1) is 13.8 Å². The van der Waals surface area contributed by atoms with E-state index in [2.05, 4.69) is 35.9 Å². The van der Waals surface area contributed by atoms with Gasteiger partial charge in [0.1, 0.15) is 5.75 Å². The Bertz CT molecular complexity index is 598. The molecule has 4 heteroatoms. The highest BCUT2D eigenvalue weighted by Gasteiger charge is 2.05. The Labute approximate surface area is 125 Å². The number of aryl methyl sites for hydroxylation is 2. The van der Waals surface area contributed by atoms with Crippen molar-refractivity contribution in [3.63, 3.8) is 0 Å². The molecule has 21 heavy (non-hydrogen) atoms. The first-order valence-corrected chi connectivity index (χ1v) is 7.12. The zero-order valence-electron chi connectivity index (χ0n) is 12.8. The molecule has 0 aliphatic rings. The van der Waals surface area contributed by atoms with Crippen molar-refractivity contribution in [3.05, 3.63) is 53.3 Å². The molecule has 0 spiro atoms. The van der Waals surface area contributed by atoms with Crippen LogP contribution in [0.2, 0.25) is 0 Å². The molecule has 0 aliphatic carbocycles. The van der Waals surface area contributed by atoms with Crippen LogP contribution in [0.1, 0.15) is 17.0 Å². The summed E-state index contributed by atoms with van der Waals surface area (Å²) in [5.74, 6) is 0.810. The third-order valence-corrected chi connectivity index (χ3v) is 3.57. The summed E-state index contributed by atoms with van der Waals surface area (Å²) in [6, 6.07) is 11.8. The molecule has 0 atom stereocenters. The monoisotopic (exact) mass is 286 g/mol. The number of benzene rings is 1. The number of carbonyl (C=O) groups is 1. The third kappa shape index (κ3) is 4.12. The predicted molar refractivity (Wildman–Crippen MR) is 83.6 cm³/mol. The molecule has 1 aromatic carbocycles. The highest BCUT2D eigenvalue weighted by Crippen LogP contribution is 2.12. The van der Waals surface area contributed by atoms with Gasteiger partial charge in [0.05, 0.1) is 13.5 Å². The van der Waals surface area contributed by atoms with Crippen LogP contribution in [0.25, 0.3) is 0 Å². The summed E-state index contributed by atoms with van der Waals surface area (Å²) in [6.45, 7) is 5.59. The minimum atomic E-state index is 0.0331. The second-order valence-corrected chi connectivity index (χ2v) is 5.15. The quantitative estimate of drug-likeness (QED) is 0.886. The van der Waals surface area contributed by atoms with E-state index in [4.69, 9.17) is 4.74 Å². The van der Waals surface area contributed by atoms with Gasteiger partial charge in [-0.15, -0.1) is 0 Å². The zero-order valence-corrected chi connectivity index (χ0v) is 12.8.